The summed E-state index contributed by atoms with van der Waals surface area (Å²) < 4.78 is 6.51. The summed E-state index contributed by atoms with van der Waals surface area (Å²) in [6.07, 6.45) is 5.43. The maximum absolute atomic E-state index is 6.51. The molecule has 0 radical (unpaired) electrons. The van der Waals surface area contributed by atoms with Gasteiger partial charge in [-0.2, -0.15) is 0 Å². The van der Waals surface area contributed by atoms with Gasteiger partial charge in [0, 0.05) is 15.8 Å². The van der Waals surface area contributed by atoms with Gasteiger partial charge in [-0.15, -0.1) is 11.3 Å². The van der Waals surface area contributed by atoms with Crippen molar-refractivity contribution >= 4 is 22.2 Å². The highest BCUT2D eigenvalue weighted by Crippen LogP contribution is 2.53. The van der Waals surface area contributed by atoms with E-state index in [0.29, 0.717) is 0 Å². The average molecular weight is 367 g/mol. The number of nitrogens with one attached hydrogen (secondary N) is 1. The zero-order chi connectivity index (χ0) is 17.8. The second-order valence-electron chi connectivity index (χ2n) is 8.02. The molecule has 0 unspecified atom stereocenters. The number of hydrogen-bond acceptors (Lipinski definition) is 3. The zero-order valence-electron chi connectivity index (χ0n) is 15.5. The Bertz CT molecular complexity index is 917. The number of aromatic nitrogens is 1. The van der Waals surface area contributed by atoms with E-state index in [2.05, 4.69) is 65.8 Å². The summed E-state index contributed by atoms with van der Waals surface area (Å²) >= 11 is 1.89. The smallest absolute Gasteiger partial charge is 0.108 e. The summed E-state index contributed by atoms with van der Waals surface area (Å²) in [6, 6.07) is 13.2. The van der Waals surface area contributed by atoms with Crippen molar-refractivity contribution in [1.29, 1.82) is 0 Å². The summed E-state index contributed by atoms with van der Waals surface area (Å²) in [6.45, 7) is 0.836. The van der Waals surface area contributed by atoms with Crippen LogP contribution in [0, 0.1) is 0 Å². The van der Waals surface area contributed by atoms with Crippen LogP contribution in [0.25, 0.3) is 10.9 Å². The lowest BCUT2D eigenvalue weighted by Gasteiger charge is -2.50. The van der Waals surface area contributed by atoms with E-state index in [9.17, 15) is 0 Å². The number of para-hydroxylation sites is 1. The van der Waals surface area contributed by atoms with Gasteiger partial charge < -0.3 is 9.72 Å². The number of benzene rings is 1. The van der Waals surface area contributed by atoms with Gasteiger partial charge in [-0.25, -0.2) is 0 Å². The van der Waals surface area contributed by atoms with Crippen LogP contribution < -0.4 is 0 Å². The molecule has 3 aromatic rings. The van der Waals surface area contributed by atoms with Crippen molar-refractivity contribution < 1.29 is 4.74 Å². The molecule has 1 aliphatic carbocycles. The van der Waals surface area contributed by atoms with E-state index in [1.807, 2.05) is 11.3 Å². The molecule has 0 atom stereocenters. The van der Waals surface area contributed by atoms with Gasteiger partial charge in [0.15, 0.2) is 0 Å². The second-order valence-corrected chi connectivity index (χ2v) is 8.97. The highest BCUT2D eigenvalue weighted by molar-refractivity contribution is 7.10. The van der Waals surface area contributed by atoms with Gasteiger partial charge in [-0.05, 0) is 69.3 Å². The van der Waals surface area contributed by atoms with Crippen LogP contribution in [-0.2, 0) is 22.3 Å². The summed E-state index contributed by atoms with van der Waals surface area (Å²) in [7, 11) is 4.46. The quantitative estimate of drug-likeness (QED) is 0.689. The van der Waals surface area contributed by atoms with Gasteiger partial charge in [0.05, 0.1) is 17.8 Å². The number of thiophene rings is 1. The van der Waals surface area contributed by atoms with Crippen LogP contribution in [-0.4, -0.2) is 30.6 Å². The molecule has 4 heteroatoms. The molecule has 5 rings (SSSR count). The Kier molecular flexibility index (Phi) is 3.78. The third-order valence-corrected chi connectivity index (χ3v) is 7.78. The normalized spacial score (nSPS) is 28.7. The van der Waals surface area contributed by atoms with Crippen LogP contribution >= 0.6 is 11.3 Å². The minimum absolute atomic E-state index is 0.136. The standard InChI is InChI=1S/C22H26N2OS/c1-24(2)21(19-8-5-15-26-19)10-12-22(13-11-21)20-17(9-14-25-22)16-6-3-4-7-18(16)23-20/h3-8,15,23H,9-14H2,1-2H3/t21-,22+. The van der Waals surface area contributed by atoms with E-state index < -0.39 is 0 Å². The molecule has 2 aliphatic rings. The molecule has 26 heavy (non-hydrogen) atoms. The number of nitrogens with zero attached hydrogens (tertiary/aromatic N) is 1. The first kappa shape index (κ1) is 16.5. The van der Waals surface area contributed by atoms with Crippen molar-refractivity contribution in [1.82, 2.24) is 9.88 Å². The van der Waals surface area contributed by atoms with Crippen LogP contribution in [0.3, 0.4) is 0 Å². The SMILES string of the molecule is CN(C)[C@]1(c2cccs2)CC[C@@]2(CC1)OCCc1c3ccccc3[nH]c12. The third kappa shape index (κ3) is 2.25. The second kappa shape index (κ2) is 5.95. The molecule has 3 heterocycles. The fraction of sp³-hybridized carbons (Fsp3) is 0.455. The van der Waals surface area contributed by atoms with E-state index in [-0.39, 0.29) is 11.1 Å². The molecular weight excluding hydrogens is 340 g/mol. The Labute approximate surface area is 159 Å². The Balaban J connectivity index is 1.54. The van der Waals surface area contributed by atoms with Crippen LogP contribution in [0.15, 0.2) is 41.8 Å². The van der Waals surface area contributed by atoms with Crippen molar-refractivity contribution in [3.63, 3.8) is 0 Å². The molecule has 0 saturated heterocycles. The first-order valence-electron chi connectivity index (χ1n) is 9.60. The molecule has 1 aromatic carbocycles. The summed E-state index contributed by atoms with van der Waals surface area (Å²) in [4.78, 5) is 7.65. The van der Waals surface area contributed by atoms with Gasteiger partial charge in [0.1, 0.15) is 5.60 Å². The molecule has 1 saturated carbocycles. The highest BCUT2D eigenvalue weighted by atomic mass is 32.1. The molecule has 3 nitrogen and oxygen atoms in total. The topological polar surface area (TPSA) is 28.3 Å². The number of H-pyrrole nitrogens is 1. The van der Waals surface area contributed by atoms with Crippen LogP contribution in [0.5, 0.6) is 0 Å². The van der Waals surface area contributed by atoms with E-state index in [1.165, 1.54) is 27.0 Å². The van der Waals surface area contributed by atoms with Crippen LogP contribution in [0.1, 0.15) is 41.8 Å². The lowest BCUT2D eigenvalue weighted by atomic mass is 9.70. The van der Waals surface area contributed by atoms with Crippen LogP contribution in [0.2, 0.25) is 0 Å². The molecule has 1 aliphatic heterocycles. The van der Waals surface area contributed by atoms with Gasteiger partial charge in [-0.1, -0.05) is 24.3 Å². The number of ether oxygens (including phenoxy) is 1. The monoisotopic (exact) mass is 366 g/mol. The fourth-order valence-electron chi connectivity index (χ4n) is 5.19. The van der Waals surface area contributed by atoms with Gasteiger partial charge in [0.2, 0.25) is 0 Å². The summed E-state index contributed by atoms with van der Waals surface area (Å²) in [5.41, 5.74) is 4.10. The van der Waals surface area contributed by atoms with Gasteiger partial charge in [0.25, 0.3) is 0 Å². The lowest BCUT2D eigenvalue weighted by molar-refractivity contribution is -0.112. The van der Waals surface area contributed by atoms with E-state index in [1.54, 1.807) is 0 Å². The van der Waals surface area contributed by atoms with Crippen molar-refractivity contribution in [3.05, 3.63) is 57.9 Å². The number of fused-ring (bicyclic) bond motifs is 4. The minimum Gasteiger partial charge on any atom is -0.368 e. The largest absolute Gasteiger partial charge is 0.368 e. The fourth-order valence-corrected chi connectivity index (χ4v) is 6.26. The lowest BCUT2D eigenvalue weighted by Crippen LogP contribution is -2.49. The van der Waals surface area contributed by atoms with Gasteiger partial charge >= 0.3 is 0 Å². The highest BCUT2D eigenvalue weighted by Gasteiger charge is 2.49. The molecule has 0 amide bonds. The predicted octanol–water partition coefficient (Wildman–Crippen LogP) is 5.03. The molecule has 0 bridgehead atoms. The first-order chi connectivity index (χ1) is 12.6. The summed E-state index contributed by atoms with van der Waals surface area (Å²) in [5.74, 6) is 0. The maximum Gasteiger partial charge on any atom is 0.108 e. The average Bonchev–Trinajstić information content (AvgIpc) is 3.31. The predicted molar refractivity (Wildman–Crippen MR) is 108 cm³/mol. The molecule has 136 valence electrons. The number of rotatable bonds is 2. The molecule has 1 N–H and O–H groups in total. The van der Waals surface area contributed by atoms with Crippen molar-refractivity contribution in [2.45, 2.75) is 43.2 Å². The molecule has 1 fully saturated rings. The van der Waals surface area contributed by atoms with Crippen molar-refractivity contribution in [3.8, 4) is 0 Å². The third-order valence-electron chi connectivity index (χ3n) is 6.72. The van der Waals surface area contributed by atoms with E-state index in [4.69, 9.17) is 4.74 Å². The Hall–Kier alpha value is -1.62. The van der Waals surface area contributed by atoms with Crippen molar-refractivity contribution in [2.24, 2.45) is 0 Å². The zero-order valence-corrected chi connectivity index (χ0v) is 16.4. The minimum atomic E-state index is -0.136. The maximum atomic E-state index is 6.51. The summed E-state index contributed by atoms with van der Waals surface area (Å²) in [5, 5.41) is 3.59. The Morgan fingerprint density at radius 2 is 1.85 bits per heavy atom. The van der Waals surface area contributed by atoms with Crippen molar-refractivity contribution in [2.75, 3.05) is 20.7 Å². The Morgan fingerprint density at radius 3 is 2.58 bits per heavy atom. The van der Waals surface area contributed by atoms with Gasteiger partial charge in [-0.3, -0.25) is 4.90 Å². The molecular formula is C22H26N2OS. The number of hydrogen-bond donors (Lipinski definition) is 1. The first-order valence-corrected chi connectivity index (χ1v) is 10.5. The van der Waals surface area contributed by atoms with E-state index >= 15 is 0 Å². The van der Waals surface area contributed by atoms with Crippen LogP contribution in [0.4, 0.5) is 0 Å². The Morgan fingerprint density at radius 1 is 1.04 bits per heavy atom. The number of aromatic amines is 1. The molecule has 1 spiro atoms. The molecule has 2 aromatic heterocycles. The van der Waals surface area contributed by atoms with E-state index in [0.717, 1.165) is 38.7 Å².